The average Bonchev–Trinajstić information content (AvgIpc) is 3.71. The number of hydrogen-bond acceptors (Lipinski definition) is 7. The van der Waals surface area contributed by atoms with Gasteiger partial charge in [0.1, 0.15) is 16.4 Å². The summed E-state index contributed by atoms with van der Waals surface area (Å²) >= 11 is 0.881. The quantitative estimate of drug-likeness (QED) is 0.312. The van der Waals surface area contributed by atoms with E-state index in [1.54, 1.807) is 19.1 Å². The van der Waals surface area contributed by atoms with Crippen molar-refractivity contribution in [2.45, 2.75) is 96.7 Å². The summed E-state index contributed by atoms with van der Waals surface area (Å²) in [5, 5.41) is 6.20. The number of carbonyl (C=O) groups excluding carboxylic acids is 3. The molecule has 218 valence electrons. The van der Waals surface area contributed by atoms with Crippen LogP contribution in [0.15, 0.2) is 34.7 Å². The van der Waals surface area contributed by atoms with Gasteiger partial charge in [-0.15, -0.1) is 0 Å². The van der Waals surface area contributed by atoms with Gasteiger partial charge in [-0.2, -0.15) is 4.37 Å². The molecular weight excluding hydrogens is 538 g/mol. The highest BCUT2D eigenvalue weighted by atomic mass is 32.1. The Morgan fingerprint density at radius 3 is 2.27 bits per heavy atom. The van der Waals surface area contributed by atoms with Gasteiger partial charge in [0.2, 0.25) is 0 Å². The number of benzene rings is 1. The van der Waals surface area contributed by atoms with Gasteiger partial charge in [-0.05, 0) is 87.3 Å². The lowest BCUT2D eigenvalue weighted by Gasteiger charge is -2.32. The first-order valence-corrected chi connectivity index (χ1v) is 15.3. The molecule has 0 spiro atoms. The third kappa shape index (κ3) is 6.17. The molecular formula is C31H39N5O4S. The third-order valence-electron chi connectivity index (χ3n) is 8.37. The van der Waals surface area contributed by atoms with Gasteiger partial charge < -0.3 is 20.8 Å². The van der Waals surface area contributed by atoms with E-state index in [2.05, 4.69) is 15.0 Å². The normalized spacial score (nSPS) is 16.9. The number of nitrogens with zero attached hydrogens (tertiary/aromatic N) is 2. The minimum absolute atomic E-state index is 0.0224. The maximum atomic E-state index is 14.5. The standard InChI is InChI=1S/C31H39N5O4S/c1-18-10-9-15-23(20(18)3)36(27(24-17-16-19(2)40-24)30(38)34-22-13-7-8-14-22)31(39)28-25(32)26(35-41-28)29(37)33-21-11-5-4-6-12-21/h9-10,15-17,21-22,27H,4-8,11-14,32H2,1-3H3,(H,33,37)(H,34,38). The van der Waals surface area contributed by atoms with Crippen LogP contribution in [0, 0.1) is 20.8 Å². The fourth-order valence-electron chi connectivity index (χ4n) is 5.91. The molecule has 2 fully saturated rings. The van der Waals surface area contributed by atoms with Crippen LogP contribution in [0.25, 0.3) is 0 Å². The van der Waals surface area contributed by atoms with E-state index in [0.29, 0.717) is 17.2 Å². The van der Waals surface area contributed by atoms with E-state index in [0.717, 1.165) is 74.0 Å². The Morgan fingerprint density at radius 1 is 0.951 bits per heavy atom. The van der Waals surface area contributed by atoms with Crippen molar-refractivity contribution in [3.8, 4) is 0 Å². The molecule has 1 atom stereocenters. The summed E-state index contributed by atoms with van der Waals surface area (Å²) in [6, 6.07) is 8.19. The number of hydrogen-bond donors (Lipinski definition) is 3. The molecule has 0 bridgehead atoms. The van der Waals surface area contributed by atoms with Crippen molar-refractivity contribution >= 4 is 40.6 Å². The molecule has 2 saturated carbocycles. The summed E-state index contributed by atoms with van der Waals surface area (Å²) in [7, 11) is 0. The molecule has 0 saturated heterocycles. The molecule has 4 N–H and O–H groups in total. The number of rotatable bonds is 8. The second kappa shape index (κ2) is 12.5. The molecule has 0 radical (unpaired) electrons. The number of aromatic nitrogens is 1. The van der Waals surface area contributed by atoms with Gasteiger partial charge in [0.25, 0.3) is 17.7 Å². The van der Waals surface area contributed by atoms with E-state index < -0.39 is 11.9 Å². The Kier molecular flexibility index (Phi) is 8.77. The Bertz CT molecular complexity index is 1420. The van der Waals surface area contributed by atoms with Crippen LogP contribution in [-0.2, 0) is 4.79 Å². The number of nitrogens with two attached hydrogens (primary N) is 1. The molecule has 5 rings (SSSR count). The molecule has 2 aliphatic carbocycles. The summed E-state index contributed by atoms with van der Waals surface area (Å²) < 4.78 is 10.3. The van der Waals surface area contributed by atoms with Gasteiger partial charge in [-0.25, -0.2) is 0 Å². The van der Waals surface area contributed by atoms with E-state index in [9.17, 15) is 14.4 Å². The smallest absolute Gasteiger partial charge is 0.273 e. The highest BCUT2D eigenvalue weighted by Gasteiger charge is 2.39. The topological polar surface area (TPSA) is 131 Å². The predicted octanol–water partition coefficient (Wildman–Crippen LogP) is 5.75. The van der Waals surface area contributed by atoms with Crippen LogP contribution in [0.4, 0.5) is 11.4 Å². The number of furan rings is 1. The van der Waals surface area contributed by atoms with Crippen molar-refractivity contribution in [2.75, 3.05) is 10.6 Å². The van der Waals surface area contributed by atoms with Crippen molar-refractivity contribution in [3.05, 3.63) is 63.6 Å². The molecule has 3 amide bonds. The van der Waals surface area contributed by atoms with Gasteiger partial charge >= 0.3 is 0 Å². The van der Waals surface area contributed by atoms with Gasteiger partial charge in [0, 0.05) is 17.8 Å². The second-order valence-corrected chi connectivity index (χ2v) is 12.1. The zero-order valence-electron chi connectivity index (χ0n) is 24.0. The second-order valence-electron chi connectivity index (χ2n) is 11.3. The third-order valence-corrected chi connectivity index (χ3v) is 9.22. The lowest BCUT2D eigenvalue weighted by molar-refractivity contribution is -0.123. The molecule has 3 aromatic rings. The van der Waals surface area contributed by atoms with Crippen molar-refractivity contribution < 1.29 is 18.8 Å². The number of nitrogen functional groups attached to an aromatic ring is 1. The molecule has 9 nitrogen and oxygen atoms in total. The van der Waals surface area contributed by atoms with E-state index in [-0.39, 0.29) is 40.2 Å². The number of nitrogens with one attached hydrogen (secondary N) is 2. The first-order valence-electron chi connectivity index (χ1n) is 14.6. The van der Waals surface area contributed by atoms with Crippen LogP contribution in [0.5, 0.6) is 0 Å². The molecule has 1 unspecified atom stereocenters. The SMILES string of the molecule is Cc1ccc(C(C(=O)NC2CCCC2)N(C(=O)c2snc(C(=O)NC3CCCCC3)c2N)c2cccc(C)c2C)o1. The van der Waals surface area contributed by atoms with Crippen LogP contribution in [0.1, 0.15) is 107 Å². The predicted molar refractivity (Wildman–Crippen MR) is 160 cm³/mol. The van der Waals surface area contributed by atoms with E-state index in [1.165, 1.54) is 11.3 Å². The largest absolute Gasteiger partial charge is 0.464 e. The van der Waals surface area contributed by atoms with Gasteiger partial charge in [-0.3, -0.25) is 19.3 Å². The lowest BCUT2D eigenvalue weighted by atomic mass is 9.95. The Hall–Kier alpha value is -3.66. The zero-order valence-corrected chi connectivity index (χ0v) is 24.8. The first kappa shape index (κ1) is 28.9. The molecule has 2 aliphatic rings. The van der Waals surface area contributed by atoms with Crippen LogP contribution < -0.4 is 21.3 Å². The number of amides is 3. The van der Waals surface area contributed by atoms with E-state index in [1.807, 2.05) is 32.0 Å². The van der Waals surface area contributed by atoms with Gasteiger partial charge in [0.15, 0.2) is 11.7 Å². The molecule has 2 heterocycles. The highest BCUT2D eigenvalue weighted by Crippen LogP contribution is 2.36. The van der Waals surface area contributed by atoms with Crippen LogP contribution in [-0.4, -0.2) is 34.2 Å². The number of aryl methyl sites for hydroxylation is 2. The molecule has 0 aliphatic heterocycles. The summed E-state index contributed by atoms with van der Waals surface area (Å²) in [6.07, 6.45) is 9.05. The Morgan fingerprint density at radius 2 is 1.61 bits per heavy atom. The summed E-state index contributed by atoms with van der Waals surface area (Å²) in [5.74, 6) is -0.221. The fraction of sp³-hybridized carbons (Fsp3) is 0.484. The minimum Gasteiger partial charge on any atom is -0.464 e. The Balaban J connectivity index is 1.55. The van der Waals surface area contributed by atoms with Crippen LogP contribution in [0.2, 0.25) is 0 Å². The fourth-order valence-corrected chi connectivity index (χ4v) is 6.65. The molecule has 10 heteroatoms. The molecule has 41 heavy (non-hydrogen) atoms. The summed E-state index contributed by atoms with van der Waals surface area (Å²) in [6.45, 7) is 5.68. The maximum Gasteiger partial charge on any atom is 0.273 e. The van der Waals surface area contributed by atoms with Crippen molar-refractivity contribution in [3.63, 3.8) is 0 Å². The lowest BCUT2D eigenvalue weighted by Crippen LogP contribution is -2.46. The number of carbonyl (C=O) groups is 3. The summed E-state index contributed by atoms with van der Waals surface area (Å²) in [5.41, 5.74) is 8.91. The molecule has 1 aromatic carbocycles. The minimum atomic E-state index is -1.08. The van der Waals surface area contributed by atoms with Gasteiger partial charge in [0.05, 0.1) is 5.69 Å². The average molecular weight is 578 g/mol. The van der Waals surface area contributed by atoms with Crippen molar-refractivity contribution in [1.82, 2.24) is 15.0 Å². The molecule has 2 aromatic heterocycles. The van der Waals surface area contributed by atoms with Crippen molar-refractivity contribution in [2.24, 2.45) is 0 Å². The number of anilines is 2. The monoisotopic (exact) mass is 577 g/mol. The maximum absolute atomic E-state index is 14.5. The first-order chi connectivity index (χ1) is 19.7. The highest BCUT2D eigenvalue weighted by molar-refractivity contribution is 7.09. The Labute approximate surface area is 245 Å². The van der Waals surface area contributed by atoms with Crippen molar-refractivity contribution in [1.29, 1.82) is 0 Å². The van der Waals surface area contributed by atoms with E-state index in [4.69, 9.17) is 10.2 Å². The van der Waals surface area contributed by atoms with Gasteiger partial charge in [-0.1, -0.05) is 44.2 Å². The van der Waals surface area contributed by atoms with E-state index >= 15 is 0 Å². The zero-order chi connectivity index (χ0) is 29.1. The van der Waals surface area contributed by atoms with Crippen LogP contribution >= 0.6 is 11.5 Å². The summed E-state index contributed by atoms with van der Waals surface area (Å²) in [4.78, 5) is 43.2. The van der Waals surface area contributed by atoms with Crippen LogP contribution in [0.3, 0.4) is 0 Å².